The number of imidazole rings is 1. The minimum Gasteiger partial charge on any atom is -0.508 e. The standard InChI is InChI=1S/C25H29N3O/c1-3-20-12-19-14-23-22(27-24(28(23)2)17-8-5-4-6-9-17)15-25(19,16-26-20)18-10-7-11-21(29)13-18/h4-11,13,19-20,26,29H,3,12,14-16H2,1-2H3. The van der Waals surface area contributed by atoms with E-state index in [9.17, 15) is 5.11 Å². The predicted molar refractivity (Wildman–Crippen MR) is 116 cm³/mol. The summed E-state index contributed by atoms with van der Waals surface area (Å²) in [4.78, 5) is 5.12. The minimum atomic E-state index is -0.0142. The predicted octanol–water partition coefficient (Wildman–Crippen LogP) is 4.22. The Morgan fingerprint density at radius 3 is 2.76 bits per heavy atom. The summed E-state index contributed by atoms with van der Waals surface area (Å²) in [6.07, 6.45) is 4.28. The second-order valence-corrected chi connectivity index (χ2v) is 8.76. The number of nitrogens with one attached hydrogen (secondary N) is 1. The summed E-state index contributed by atoms with van der Waals surface area (Å²) in [5, 5.41) is 14.0. The highest BCUT2D eigenvalue weighted by atomic mass is 16.3. The molecular weight excluding hydrogens is 358 g/mol. The van der Waals surface area contributed by atoms with Gasteiger partial charge in [0.05, 0.1) is 5.69 Å². The SMILES string of the molecule is CCC1CC2Cc3c(nc(-c4ccccc4)n3C)CC2(c2cccc(O)c2)CN1. The van der Waals surface area contributed by atoms with Crippen LogP contribution in [0.3, 0.4) is 0 Å². The maximum atomic E-state index is 10.2. The molecule has 1 fully saturated rings. The fourth-order valence-corrected chi connectivity index (χ4v) is 5.54. The number of rotatable bonds is 3. The molecule has 4 heteroatoms. The van der Waals surface area contributed by atoms with Crippen LogP contribution in [0.5, 0.6) is 5.75 Å². The molecule has 150 valence electrons. The van der Waals surface area contributed by atoms with Crippen LogP contribution in [0.15, 0.2) is 54.6 Å². The van der Waals surface area contributed by atoms with E-state index in [2.05, 4.69) is 54.2 Å². The molecule has 4 nitrogen and oxygen atoms in total. The summed E-state index contributed by atoms with van der Waals surface area (Å²) in [5.74, 6) is 1.95. The second kappa shape index (κ2) is 7.03. The average molecular weight is 388 g/mol. The molecule has 0 radical (unpaired) electrons. The molecule has 3 aromatic rings. The van der Waals surface area contributed by atoms with Crippen LogP contribution in [0.25, 0.3) is 11.4 Å². The molecule has 3 atom stereocenters. The van der Waals surface area contributed by atoms with E-state index in [1.807, 2.05) is 18.2 Å². The van der Waals surface area contributed by atoms with Gasteiger partial charge in [-0.3, -0.25) is 0 Å². The van der Waals surface area contributed by atoms with Crippen molar-refractivity contribution in [2.24, 2.45) is 13.0 Å². The summed E-state index contributed by atoms with van der Waals surface area (Å²) in [5.41, 5.74) is 4.98. The highest BCUT2D eigenvalue weighted by molar-refractivity contribution is 5.57. The summed E-state index contributed by atoms with van der Waals surface area (Å²) in [6, 6.07) is 18.9. The fraction of sp³-hybridized carbons (Fsp3) is 0.400. The van der Waals surface area contributed by atoms with Crippen molar-refractivity contribution in [1.82, 2.24) is 14.9 Å². The van der Waals surface area contributed by atoms with Crippen molar-refractivity contribution in [1.29, 1.82) is 0 Å². The number of hydrogen-bond donors (Lipinski definition) is 2. The van der Waals surface area contributed by atoms with Gasteiger partial charge in [-0.2, -0.15) is 0 Å². The van der Waals surface area contributed by atoms with Crippen LogP contribution in [0.4, 0.5) is 0 Å². The molecule has 1 aliphatic heterocycles. The molecule has 3 unspecified atom stereocenters. The Hall–Kier alpha value is -2.59. The van der Waals surface area contributed by atoms with Crippen LogP contribution in [0.2, 0.25) is 0 Å². The topological polar surface area (TPSA) is 50.1 Å². The number of aromatic hydroxyl groups is 1. The third kappa shape index (κ3) is 2.98. The Kier molecular flexibility index (Phi) is 4.47. The van der Waals surface area contributed by atoms with Crippen molar-refractivity contribution >= 4 is 0 Å². The number of hydrogen-bond acceptors (Lipinski definition) is 3. The monoisotopic (exact) mass is 387 g/mol. The molecule has 0 saturated carbocycles. The Balaban J connectivity index is 1.61. The van der Waals surface area contributed by atoms with E-state index in [1.165, 1.54) is 22.5 Å². The third-order valence-electron chi connectivity index (χ3n) is 7.22. The average Bonchev–Trinajstić information content (AvgIpc) is 3.07. The lowest BCUT2D eigenvalue weighted by atomic mass is 9.59. The molecule has 2 heterocycles. The highest BCUT2D eigenvalue weighted by Gasteiger charge is 2.48. The fourth-order valence-electron chi connectivity index (χ4n) is 5.54. The molecule has 0 amide bonds. The summed E-state index contributed by atoms with van der Waals surface area (Å²) < 4.78 is 2.31. The number of benzene rings is 2. The van der Waals surface area contributed by atoms with Gasteiger partial charge in [0.25, 0.3) is 0 Å². The maximum absolute atomic E-state index is 10.2. The lowest BCUT2D eigenvalue weighted by molar-refractivity contribution is 0.146. The molecule has 5 rings (SSSR count). The van der Waals surface area contributed by atoms with Crippen LogP contribution >= 0.6 is 0 Å². The van der Waals surface area contributed by atoms with E-state index in [1.54, 1.807) is 6.07 Å². The normalized spacial score (nSPS) is 26.0. The molecule has 1 aromatic heterocycles. The zero-order valence-corrected chi connectivity index (χ0v) is 17.2. The molecule has 2 aromatic carbocycles. The van der Waals surface area contributed by atoms with Gasteiger partial charge in [-0.05, 0) is 42.9 Å². The van der Waals surface area contributed by atoms with Crippen molar-refractivity contribution in [3.8, 4) is 17.1 Å². The molecule has 2 N–H and O–H groups in total. The number of aromatic nitrogens is 2. The van der Waals surface area contributed by atoms with Crippen LogP contribution in [-0.4, -0.2) is 27.2 Å². The van der Waals surface area contributed by atoms with Crippen LogP contribution in [0.1, 0.15) is 36.7 Å². The largest absolute Gasteiger partial charge is 0.508 e. The zero-order valence-electron chi connectivity index (χ0n) is 17.2. The van der Waals surface area contributed by atoms with Crippen molar-refractivity contribution in [3.05, 3.63) is 71.5 Å². The summed E-state index contributed by atoms with van der Waals surface area (Å²) in [6.45, 7) is 3.21. The van der Waals surface area contributed by atoms with Crippen LogP contribution in [-0.2, 0) is 25.3 Å². The molecule has 1 saturated heterocycles. The van der Waals surface area contributed by atoms with E-state index in [-0.39, 0.29) is 5.41 Å². The number of piperidine rings is 1. The highest BCUT2D eigenvalue weighted by Crippen LogP contribution is 2.47. The first-order chi connectivity index (χ1) is 14.1. The number of fused-ring (bicyclic) bond motifs is 2. The molecular formula is C25H29N3O. The van der Waals surface area contributed by atoms with Gasteiger partial charge in [0.1, 0.15) is 11.6 Å². The van der Waals surface area contributed by atoms with Gasteiger partial charge in [0, 0.05) is 42.7 Å². The Morgan fingerprint density at radius 1 is 1.17 bits per heavy atom. The van der Waals surface area contributed by atoms with Crippen LogP contribution in [0, 0.1) is 5.92 Å². The Labute approximate surface area is 172 Å². The van der Waals surface area contributed by atoms with E-state index >= 15 is 0 Å². The van der Waals surface area contributed by atoms with Gasteiger partial charge in [-0.1, -0.05) is 49.4 Å². The van der Waals surface area contributed by atoms with Crippen LogP contribution < -0.4 is 5.32 Å². The first kappa shape index (κ1) is 18.4. The van der Waals surface area contributed by atoms with Crippen molar-refractivity contribution < 1.29 is 5.11 Å². The number of nitrogens with zero attached hydrogens (tertiary/aromatic N) is 2. The Morgan fingerprint density at radius 2 is 2.00 bits per heavy atom. The summed E-state index contributed by atoms with van der Waals surface area (Å²) in [7, 11) is 2.16. The third-order valence-corrected chi connectivity index (χ3v) is 7.22. The lowest BCUT2D eigenvalue weighted by Crippen LogP contribution is -2.57. The van der Waals surface area contributed by atoms with Gasteiger partial charge in [-0.25, -0.2) is 4.98 Å². The van der Waals surface area contributed by atoms with Gasteiger partial charge in [0.2, 0.25) is 0 Å². The first-order valence-corrected chi connectivity index (χ1v) is 10.7. The molecule has 1 aliphatic carbocycles. The van der Waals surface area contributed by atoms with Gasteiger partial charge >= 0.3 is 0 Å². The maximum Gasteiger partial charge on any atom is 0.140 e. The number of phenolic OH excluding ortho intramolecular Hbond substituents is 1. The van der Waals surface area contributed by atoms with Crippen molar-refractivity contribution in [2.75, 3.05) is 6.54 Å². The quantitative estimate of drug-likeness (QED) is 0.708. The lowest BCUT2D eigenvalue weighted by Gasteiger charge is -2.50. The Bertz CT molecular complexity index is 1030. The van der Waals surface area contributed by atoms with Gasteiger partial charge in [0.15, 0.2) is 0 Å². The van der Waals surface area contributed by atoms with E-state index < -0.39 is 0 Å². The minimum absolute atomic E-state index is 0.0142. The van der Waals surface area contributed by atoms with Crippen molar-refractivity contribution in [2.45, 2.75) is 44.1 Å². The van der Waals surface area contributed by atoms with E-state index in [4.69, 9.17) is 4.98 Å². The van der Waals surface area contributed by atoms with E-state index in [0.29, 0.717) is 17.7 Å². The summed E-state index contributed by atoms with van der Waals surface area (Å²) >= 11 is 0. The van der Waals surface area contributed by atoms with Crippen molar-refractivity contribution in [3.63, 3.8) is 0 Å². The van der Waals surface area contributed by atoms with Gasteiger partial charge < -0.3 is 15.0 Å². The first-order valence-electron chi connectivity index (χ1n) is 10.7. The zero-order chi connectivity index (χ0) is 20.0. The van der Waals surface area contributed by atoms with Gasteiger partial charge in [-0.15, -0.1) is 0 Å². The molecule has 0 bridgehead atoms. The molecule has 2 aliphatic rings. The van der Waals surface area contributed by atoms with E-state index in [0.717, 1.165) is 38.1 Å². The molecule has 29 heavy (non-hydrogen) atoms. The number of phenols is 1. The molecule has 0 spiro atoms. The smallest absolute Gasteiger partial charge is 0.140 e. The second-order valence-electron chi connectivity index (χ2n) is 8.76.